The minimum absolute atomic E-state index is 0.148. The number of benzene rings is 1. The summed E-state index contributed by atoms with van der Waals surface area (Å²) in [6.45, 7) is 0.600. The molecule has 0 bridgehead atoms. The van der Waals surface area contributed by atoms with Crippen molar-refractivity contribution in [1.29, 1.82) is 0 Å². The highest BCUT2D eigenvalue weighted by Crippen LogP contribution is 2.20. The Kier molecular flexibility index (Phi) is 4.61. The van der Waals surface area contributed by atoms with Gasteiger partial charge in [0.05, 0.1) is 11.8 Å². The lowest BCUT2D eigenvalue weighted by Gasteiger charge is -2.22. The Hall–Kier alpha value is -1.60. The number of carbonyl (C=O) groups is 1. The van der Waals surface area contributed by atoms with E-state index in [9.17, 15) is 13.2 Å². The minimum Gasteiger partial charge on any atom is -0.445 e. The van der Waals surface area contributed by atoms with Crippen molar-refractivity contribution in [2.24, 2.45) is 0 Å². The Labute approximate surface area is 118 Å². The standard InChI is InChI=1S/C13H17NO5S/c15-13(19-9-11-5-2-1-3-6-11)14-8-4-7-12(14)10-20(16,17)18/h1-3,5-6,12H,4,7-10H2,(H,16,17,18)/t12-/m0/s1. The molecular weight excluding hydrogens is 282 g/mol. The predicted molar refractivity (Wildman–Crippen MR) is 72.8 cm³/mol. The van der Waals surface area contributed by atoms with Gasteiger partial charge in [-0.2, -0.15) is 8.42 Å². The zero-order valence-corrected chi connectivity index (χ0v) is 11.8. The molecule has 20 heavy (non-hydrogen) atoms. The maximum absolute atomic E-state index is 11.9. The van der Waals surface area contributed by atoms with Crippen LogP contribution in [0.25, 0.3) is 0 Å². The van der Waals surface area contributed by atoms with Gasteiger partial charge in [-0.1, -0.05) is 30.3 Å². The Morgan fingerprint density at radius 1 is 1.35 bits per heavy atom. The molecule has 1 heterocycles. The first-order chi connectivity index (χ1) is 9.46. The summed E-state index contributed by atoms with van der Waals surface area (Å²) >= 11 is 0. The molecule has 2 rings (SSSR count). The molecule has 1 atom stereocenters. The molecule has 0 radical (unpaired) electrons. The van der Waals surface area contributed by atoms with Gasteiger partial charge in [0.25, 0.3) is 10.1 Å². The van der Waals surface area contributed by atoms with Crippen molar-refractivity contribution in [3.05, 3.63) is 35.9 Å². The van der Waals surface area contributed by atoms with E-state index in [2.05, 4.69) is 0 Å². The summed E-state index contributed by atoms with van der Waals surface area (Å²) in [7, 11) is -4.09. The monoisotopic (exact) mass is 299 g/mol. The second-order valence-electron chi connectivity index (χ2n) is 4.78. The van der Waals surface area contributed by atoms with Gasteiger partial charge in [-0.25, -0.2) is 4.79 Å². The number of amides is 1. The summed E-state index contributed by atoms with van der Waals surface area (Å²) in [6, 6.07) is 8.74. The largest absolute Gasteiger partial charge is 0.445 e. The Morgan fingerprint density at radius 3 is 2.70 bits per heavy atom. The van der Waals surface area contributed by atoms with Crippen LogP contribution in [0.5, 0.6) is 0 Å². The number of rotatable bonds is 4. The van der Waals surface area contributed by atoms with Crippen LogP contribution in [0, 0.1) is 0 Å². The van der Waals surface area contributed by atoms with Crippen LogP contribution in [0.3, 0.4) is 0 Å². The lowest BCUT2D eigenvalue weighted by Crippen LogP contribution is -2.39. The number of nitrogens with zero attached hydrogens (tertiary/aromatic N) is 1. The van der Waals surface area contributed by atoms with Crippen molar-refractivity contribution in [2.45, 2.75) is 25.5 Å². The quantitative estimate of drug-likeness (QED) is 0.855. The van der Waals surface area contributed by atoms with Crippen LogP contribution in [0.15, 0.2) is 30.3 Å². The first-order valence-electron chi connectivity index (χ1n) is 6.38. The molecule has 1 fully saturated rings. The van der Waals surface area contributed by atoms with E-state index in [0.717, 1.165) is 5.56 Å². The van der Waals surface area contributed by atoms with Gasteiger partial charge in [-0.3, -0.25) is 4.55 Å². The fraction of sp³-hybridized carbons (Fsp3) is 0.462. The van der Waals surface area contributed by atoms with E-state index in [0.29, 0.717) is 19.4 Å². The molecule has 0 unspecified atom stereocenters. The third-order valence-corrected chi connectivity index (χ3v) is 4.03. The molecule has 0 aliphatic carbocycles. The van der Waals surface area contributed by atoms with Crippen molar-refractivity contribution < 1.29 is 22.5 Å². The molecule has 1 aromatic carbocycles. The van der Waals surface area contributed by atoms with E-state index in [1.807, 2.05) is 30.3 Å². The van der Waals surface area contributed by atoms with E-state index in [1.54, 1.807) is 0 Å². The maximum Gasteiger partial charge on any atom is 0.410 e. The molecule has 1 aliphatic heterocycles. The van der Waals surface area contributed by atoms with Crippen LogP contribution in [-0.4, -0.2) is 42.3 Å². The lowest BCUT2D eigenvalue weighted by molar-refractivity contribution is 0.0946. The van der Waals surface area contributed by atoms with Crippen molar-refractivity contribution >= 4 is 16.2 Å². The van der Waals surface area contributed by atoms with Gasteiger partial charge in [-0.05, 0) is 18.4 Å². The highest BCUT2D eigenvalue weighted by molar-refractivity contribution is 7.85. The number of ether oxygens (including phenoxy) is 1. The van der Waals surface area contributed by atoms with Crippen LogP contribution in [0.2, 0.25) is 0 Å². The highest BCUT2D eigenvalue weighted by atomic mass is 32.2. The minimum atomic E-state index is -4.09. The van der Waals surface area contributed by atoms with Crippen LogP contribution in [0.4, 0.5) is 4.79 Å². The van der Waals surface area contributed by atoms with Crippen molar-refractivity contribution in [2.75, 3.05) is 12.3 Å². The molecule has 1 amide bonds. The Morgan fingerprint density at radius 2 is 2.05 bits per heavy atom. The summed E-state index contributed by atoms with van der Waals surface area (Å²) in [5, 5.41) is 0. The molecule has 7 heteroatoms. The van der Waals surface area contributed by atoms with Crippen molar-refractivity contribution in [1.82, 2.24) is 4.90 Å². The summed E-state index contributed by atoms with van der Waals surface area (Å²) < 4.78 is 35.9. The second-order valence-corrected chi connectivity index (χ2v) is 6.28. The average molecular weight is 299 g/mol. The third kappa shape index (κ3) is 4.21. The molecule has 0 spiro atoms. The second kappa shape index (κ2) is 6.23. The zero-order valence-electron chi connectivity index (χ0n) is 10.9. The molecule has 1 saturated heterocycles. The van der Waals surface area contributed by atoms with Gasteiger partial charge < -0.3 is 9.64 Å². The SMILES string of the molecule is O=C(OCc1ccccc1)N1CCC[C@H]1CS(=O)(=O)O. The van der Waals surface area contributed by atoms with Crippen molar-refractivity contribution in [3.63, 3.8) is 0 Å². The fourth-order valence-corrected chi connectivity index (χ4v) is 3.13. The van der Waals surface area contributed by atoms with Crippen LogP contribution in [-0.2, 0) is 21.5 Å². The van der Waals surface area contributed by atoms with Gasteiger partial charge in [0.15, 0.2) is 0 Å². The van der Waals surface area contributed by atoms with E-state index >= 15 is 0 Å². The first-order valence-corrected chi connectivity index (χ1v) is 7.99. The number of hydrogen-bond donors (Lipinski definition) is 1. The van der Waals surface area contributed by atoms with E-state index in [1.165, 1.54) is 4.90 Å². The first kappa shape index (κ1) is 14.8. The van der Waals surface area contributed by atoms with Crippen LogP contribution >= 0.6 is 0 Å². The predicted octanol–water partition coefficient (Wildman–Crippen LogP) is 1.68. The average Bonchev–Trinajstić information content (AvgIpc) is 2.83. The smallest absolute Gasteiger partial charge is 0.410 e. The lowest BCUT2D eigenvalue weighted by atomic mass is 10.2. The zero-order chi connectivity index (χ0) is 14.6. The van der Waals surface area contributed by atoms with Gasteiger partial charge in [0.1, 0.15) is 6.61 Å². The van der Waals surface area contributed by atoms with Gasteiger partial charge in [0.2, 0.25) is 0 Å². The molecule has 0 saturated carbocycles. The molecule has 6 nitrogen and oxygen atoms in total. The highest BCUT2D eigenvalue weighted by Gasteiger charge is 2.32. The summed E-state index contributed by atoms with van der Waals surface area (Å²) in [6.07, 6.45) is 0.723. The van der Waals surface area contributed by atoms with E-state index < -0.39 is 28.0 Å². The Balaban J connectivity index is 1.91. The maximum atomic E-state index is 11.9. The van der Waals surface area contributed by atoms with Crippen LogP contribution < -0.4 is 0 Å². The molecule has 1 aromatic rings. The van der Waals surface area contributed by atoms with Gasteiger partial charge >= 0.3 is 6.09 Å². The molecule has 1 aliphatic rings. The molecular formula is C13H17NO5S. The summed E-state index contributed by atoms with van der Waals surface area (Å²) in [4.78, 5) is 13.3. The molecule has 110 valence electrons. The van der Waals surface area contributed by atoms with E-state index in [-0.39, 0.29) is 6.61 Å². The normalized spacial score (nSPS) is 19.1. The summed E-state index contributed by atoms with van der Waals surface area (Å²) in [5.74, 6) is -0.437. The number of likely N-dealkylation sites (tertiary alicyclic amines) is 1. The number of carbonyl (C=O) groups excluding carboxylic acids is 1. The summed E-state index contributed by atoms with van der Waals surface area (Å²) in [5.41, 5.74) is 0.867. The van der Waals surface area contributed by atoms with E-state index in [4.69, 9.17) is 9.29 Å². The van der Waals surface area contributed by atoms with Crippen LogP contribution in [0.1, 0.15) is 18.4 Å². The third-order valence-electron chi connectivity index (χ3n) is 3.22. The fourth-order valence-electron chi connectivity index (χ4n) is 2.29. The topological polar surface area (TPSA) is 83.9 Å². The van der Waals surface area contributed by atoms with Crippen molar-refractivity contribution in [3.8, 4) is 0 Å². The molecule has 1 N–H and O–H groups in total. The molecule has 0 aromatic heterocycles. The Bertz CT molecular complexity index is 557. The number of hydrogen-bond acceptors (Lipinski definition) is 4. The van der Waals surface area contributed by atoms with Gasteiger partial charge in [-0.15, -0.1) is 0 Å². The van der Waals surface area contributed by atoms with Gasteiger partial charge in [0, 0.05) is 6.54 Å².